The number of anilines is 2. The second-order valence-electron chi connectivity index (χ2n) is 6.36. The fourth-order valence-electron chi connectivity index (χ4n) is 3.00. The molecule has 8 nitrogen and oxygen atoms in total. The molecule has 0 spiro atoms. The number of sulfonamides is 1. The van der Waals surface area contributed by atoms with Gasteiger partial charge in [0.05, 0.1) is 37.0 Å². The number of fused-ring (bicyclic) bond motifs is 1. The maximum Gasteiger partial charge on any atom is 0.261 e. The van der Waals surface area contributed by atoms with Crippen molar-refractivity contribution in [1.82, 2.24) is 0 Å². The Kier molecular flexibility index (Phi) is 5.37. The van der Waals surface area contributed by atoms with E-state index in [0.29, 0.717) is 35.2 Å². The molecule has 0 bridgehead atoms. The molecule has 1 amide bonds. The van der Waals surface area contributed by atoms with Gasteiger partial charge in [-0.05, 0) is 37.3 Å². The van der Waals surface area contributed by atoms with E-state index in [-0.39, 0.29) is 16.9 Å². The van der Waals surface area contributed by atoms with E-state index in [1.165, 1.54) is 44.2 Å². The molecule has 150 valence electrons. The first kappa shape index (κ1) is 19.8. The van der Waals surface area contributed by atoms with Gasteiger partial charge in [0.15, 0.2) is 11.5 Å². The minimum atomic E-state index is -3.89. The van der Waals surface area contributed by atoms with Gasteiger partial charge in [-0.15, -0.1) is 0 Å². The summed E-state index contributed by atoms with van der Waals surface area (Å²) < 4.78 is 44.3. The van der Waals surface area contributed by atoms with Crippen molar-refractivity contribution in [1.29, 1.82) is 0 Å². The summed E-state index contributed by atoms with van der Waals surface area (Å²) >= 11 is 0. The monoisotopic (exact) mass is 406 g/mol. The van der Waals surface area contributed by atoms with Gasteiger partial charge in [-0.3, -0.25) is 9.52 Å². The number of nitrogens with one attached hydrogen (secondary N) is 1. The molecule has 0 aliphatic carbocycles. The molecule has 0 unspecified atom stereocenters. The largest absolute Gasteiger partial charge is 0.493 e. The highest BCUT2D eigenvalue weighted by molar-refractivity contribution is 7.92. The predicted molar refractivity (Wildman–Crippen MR) is 105 cm³/mol. The topological polar surface area (TPSA) is 94.2 Å². The number of benzene rings is 2. The summed E-state index contributed by atoms with van der Waals surface area (Å²) in [6.07, 6.45) is -0.177. The van der Waals surface area contributed by atoms with Crippen molar-refractivity contribution in [3.05, 3.63) is 36.4 Å². The van der Waals surface area contributed by atoms with E-state index < -0.39 is 10.0 Å². The zero-order chi connectivity index (χ0) is 20.5. The van der Waals surface area contributed by atoms with E-state index in [4.69, 9.17) is 14.2 Å². The number of carbonyl (C=O) groups is 1. The zero-order valence-electron chi connectivity index (χ0n) is 16.1. The number of ether oxygens (including phenoxy) is 3. The van der Waals surface area contributed by atoms with Crippen LogP contribution in [0, 0.1) is 0 Å². The Morgan fingerprint density at radius 3 is 2.50 bits per heavy atom. The Balaban J connectivity index is 1.95. The number of carbonyl (C=O) groups excluding carboxylic acids is 1. The van der Waals surface area contributed by atoms with Crippen LogP contribution in [-0.2, 0) is 14.8 Å². The lowest BCUT2D eigenvalue weighted by atomic mass is 10.2. The van der Waals surface area contributed by atoms with Crippen LogP contribution in [0.1, 0.15) is 13.8 Å². The first-order chi connectivity index (χ1) is 13.2. The Hall–Kier alpha value is -2.94. The molecule has 0 saturated carbocycles. The molecule has 9 heteroatoms. The van der Waals surface area contributed by atoms with Crippen molar-refractivity contribution < 1.29 is 27.4 Å². The SMILES string of the molecule is COc1ccc(NS(=O)(=O)c2ccc3c(c2)N(C(C)=O)C[C@@H](C)O3)cc1OC. The van der Waals surface area contributed by atoms with Gasteiger partial charge in [0.1, 0.15) is 11.9 Å². The number of methoxy groups -OCH3 is 2. The second-order valence-corrected chi connectivity index (χ2v) is 8.05. The Morgan fingerprint density at radius 1 is 1.14 bits per heavy atom. The summed E-state index contributed by atoms with van der Waals surface area (Å²) in [5, 5.41) is 0. The maximum absolute atomic E-state index is 12.9. The maximum atomic E-state index is 12.9. The Bertz CT molecular complexity index is 1010. The third-order valence-electron chi connectivity index (χ3n) is 4.32. The Morgan fingerprint density at radius 2 is 1.86 bits per heavy atom. The van der Waals surface area contributed by atoms with Crippen LogP contribution < -0.4 is 23.8 Å². The number of nitrogens with zero attached hydrogens (tertiary/aromatic N) is 1. The first-order valence-corrected chi connectivity index (χ1v) is 10.1. The fourth-order valence-corrected chi connectivity index (χ4v) is 4.07. The van der Waals surface area contributed by atoms with E-state index in [1.807, 2.05) is 6.92 Å². The van der Waals surface area contributed by atoms with Crippen molar-refractivity contribution in [2.24, 2.45) is 0 Å². The van der Waals surface area contributed by atoms with Crippen LogP contribution in [0.4, 0.5) is 11.4 Å². The zero-order valence-corrected chi connectivity index (χ0v) is 16.9. The quantitative estimate of drug-likeness (QED) is 0.820. The molecule has 1 N–H and O–H groups in total. The van der Waals surface area contributed by atoms with Crippen LogP contribution in [0.5, 0.6) is 17.2 Å². The minimum Gasteiger partial charge on any atom is -0.493 e. The molecule has 2 aromatic rings. The molecular formula is C19H22N2O6S. The molecular weight excluding hydrogens is 384 g/mol. The summed E-state index contributed by atoms with van der Waals surface area (Å²) in [5.41, 5.74) is 0.754. The average Bonchev–Trinajstić information content (AvgIpc) is 2.66. The lowest BCUT2D eigenvalue weighted by Crippen LogP contribution is -2.41. The smallest absolute Gasteiger partial charge is 0.261 e. The van der Waals surface area contributed by atoms with Gasteiger partial charge in [0, 0.05) is 13.0 Å². The van der Waals surface area contributed by atoms with Crippen molar-refractivity contribution >= 4 is 27.3 Å². The fraction of sp³-hybridized carbons (Fsp3) is 0.316. The second kappa shape index (κ2) is 7.59. The molecule has 2 aromatic carbocycles. The molecule has 0 radical (unpaired) electrons. The molecule has 1 aliphatic rings. The average molecular weight is 406 g/mol. The van der Waals surface area contributed by atoms with Crippen molar-refractivity contribution in [2.45, 2.75) is 24.8 Å². The Labute approximate surface area is 164 Å². The van der Waals surface area contributed by atoms with Gasteiger partial charge in [-0.2, -0.15) is 0 Å². The van der Waals surface area contributed by atoms with Gasteiger partial charge in [-0.1, -0.05) is 0 Å². The third-order valence-corrected chi connectivity index (χ3v) is 5.69. The molecule has 28 heavy (non-hydrogen) atoms. The number of hydrogen-bond acceptors (Lipinski definition) is 6. The third kappa shape index (κ3) is 3.84. The molecule has 0 aromatic heterocycles. The first-order valence-electron chi connectivity index (χ1n) is 8.59. The van der Waals surface area contributed by atoms with Gasteiger partial charge in [-0.25, -0.2) is 8.42 Å². The summed E-state index contributed by atoms with van der Waals surface area (Å²) in [5.74, 6) is 1.18. The minimum absolute atomic E-state index is 0.0189. The molecule has 1 aliphatic heterocycles. The van der Waals surface area contributed by atoms with E-state index in [1.54, 1.807) is 18.2 Å². The van der Waals surface area contributed by atoms with Crippen molar-refractivity contribution in [3.63, 3.8) is 0 Å². The van der Waals surface area contributed by atoms with Crippen LogP contribution in [0.2, 0.25) is 0 Å². The van der Waals surface area contributed by atoms with E-state index >= 15 is 0 Å². The van der Waals surface area contributed by atoms with Crippen LogP contribution in [-0.4, -0.2) is 41.2 Å². The molecule has 3 rings (SSSR count). The highest BCUT2D eigenvalue weighted by Crippen LogP contribution is 2.36. The highest BCUT2D eigenvalue weighted by atomic mass is 32.2. The molecule has 0 fully saturated rings. The van der Waals surface area contributed by atoms with Gasteiger partial charge in [0.2, 0.25) is 5.91 Å². The molecule has 1 heterocycles. The van der Waals surface area contributed by atoms with Gasteiger partial charge >= 0.3 is 0 Å². The standard InChI is InChI=1S/C19H22N2O6S/c1-12-11-21(13(2)22)16-10-15(6-8-17(16)27-12)28(23,24)20-14-5-7-18(25-3)19(9-14)26-4/h5-10,12,20H,11H2,1-4H3/t12-/m1/s1. The summed E-state index contributed by atoms with van der Waals surface area (Å²) in [6.45, 7) is 3.64. The van der Waals surface area contributed by atoms with E-state index in [2.05, 4.69) is 4.72 Å². The van der Waals surface area contributed by atoms with Gasteiger partial charge in [0.25, 0.3) is 10.0 Å². The van der Waals surface area contributed by atoms with E-state index in [9.17, 15) is 13.2 Å². The molecule has 0 saturated heterocycles. The number of amides is 1. The van der Waals surface area contributed by atoms with Crippen LogP contribution in [0.25, 0.3) is 0 Å². The van der Waals surface area contributed by atoms with Gasteiger partial charge < -0.3 is 19.1 Å². The van der Waals surface area contributed by atoms with Crippen LogP contribution >= 0.6 is 0 Å². The van der Waals surface area contributed by atoms with Crippen molar-refractivity contribution in [3.8, 4) is 17.2 Å². The summed E-state index contributed by atoms with van der Waals surface area (Å²) in [6, 6.07) is 9.15. The predicted octanol–water partition coefficient (Wildman–Crippen LogP) is 2.64. The number of rotatable bonds is 5. The van der Waals surface area contributed by atoms with E-state index in [0.717, 1.165) is 0 Å². The van der Waals surface area contributed by atoms with Crippen molar-refractivity contribution in [2.75, 3.05) is 30.4 Å². The van der Waals surface area contributed by atoms with Crippen LogP contribution in [0.3, 0.4) is 0 Å². The highest BCUT2D eigenvalue weighted by Gasteiger charge is 2.28. The van der Waals surface area contributed by atoms with Crippen LogP contribution in [0.15, 0.2) is 41.3 Å². The number of hydrogen-bond donors (Lipinski definition) is 1. The lowest BCUT2D eigenvalue weighted by molar-refractivity contribution is -0.117. The summed E-state index contributed by atoms with van der Waals surface area (Å²) in [4.78, 5) is 13.5. The molecule has 1 atom stereocenters. The summed E-state index contributed by atoms with van der Waals surface area (Å²) in [7, 11) is -0.926. The normalized spacial score (nSPS) is 16.0. The lowest BCUT2D eigenvalue weighted by Gasteiger charge is -2.33.